The van der Waals surface area contributed by atoms with E-state index in [0.29, 0.717) is 24.7 Å². The Labute approximate surface area is 114 Å². The lowest BCUT2D eigenvalue weighted by molar-refractivity contribution is -0.143. The van der Waals surface area contributed by atoms with Gasteiger partial charge in [0.05, 0.1) is 30.3 Å². The maximum absolute atomic E-state index is 11.8. The topological polar surface area (TPSA) is 93.5 Å². The molecule has 8 heteroatoms. The largest absolute Gasteiger partial charge is 0.480 e. The number of carboxylic acid groups (broad SMARTS) is 1. The predicted molar refractivity (Wildman–Crippen MR) is 65.7 cm³/mol. The highest BCUT2D eigenvalue weighted by Crippen LogP contribution is 2.12. The number of carboxylic acids is 1. The summed E-state index contributed by atoms with van der Waals surface area (Å²) in [7, 11) is 0. The minimum atomic E-state index is -1.11. The molecule has 104 valence electrons. The van der Waals surface area contributed by atoms with Gasteiger partial charge in [0, 0.05) is 12.8 Å². The molecule has 19 heavy (non-hydrogen) atoms. The van der Waals surface area contributed by atoms with Gasteiger partial charge in [0.15, 0.2) is 0 Å². The van der Waals surface area contributed by atoms with Crippen LogP contribution in [-0.2, 0) is 20.9 Å². The van der Waals surface area contributed by atoms with E-state index in [4.69, 9.17) is 21.4 Å². The van der Waals surface area contributed by atoms with Gasteiger partial charge in [-0.2, -0.15) is 5.10 Å². The normalized spacial score (nSPS) is 20.2. The first kappa shape index (κ1) is 13.8. The molecule has 0 spiro atoms. The Balaban J connectivity index is 1.95. The highest BCUT2D eigenvalue weighted by atomic mass is 35.5. The molecule has 1 aliphatic heterocycles. The number of carbonyl (C=O) groups is 2. The molecular formula is C11H14ClN3O4. The second-order valence-electron chi connectivity index (χ2n) is 4.34. The van der Waals surface area contributed by atoms with Gasteiger partial charge in [-0.1, -0.05) is 11.6 Å². The smallest absolute Gasteiger partial charge is 0.328 e. The SMILES string of the molecule is O=C(NC(Cn1cc(Cl)cn1)C(=O)O)C1CCOC1. The number of hydrogen-bond acceptors (Lipinski definition) is 4. The summed E-state index contributed by atoms with van der Waals surface area (Å²) in [5, 5.41) is 15.9. The van der Waals surface area contributed by atoms with Crippen LogP contribution in [-0.4, -0.2) is 46.0 Å². The van der Waals surface area contributed by atoms with Crippen molar-refractivity contribution >= 4 is 23.5 Å². The zero-order valence-electron chi connectivity index (χ0n) is 10.1. The van der Waals surface area contributed by atoms with E-state index < -0.39 is 12.0 Å². The molecular weight excluding hydrogens is 274 g/mol. The second kappa shape index (κ2) is 6.03. The van der Waals surface area contributed by atoms with Gasteiger partial charge in [0.1, 0.15) is 6.04 Å². The van der Waals surface area contributed by atoms with Gasteiger partial charge in [-0.3, -0.25) is 9.48 Å². The molecule has 0 aromatic carbocycles. The fraction of sp³-hybridized carbons (Fsp3) is 0.545. The lowest BCUT2D eigenvalue weighted by atomic mass is 10.1. The van der Waals surface area contributed by atoms with Gasteiger partial charge in [-0.25, -0.2) is 4.79 Å². The molecule has 0 bridgehead atoms. The maximum Gasteiger partial charge on any atom is 0.328 e. The Morgan fingerprint density at radius 1 is 1.68 bits per heavy atom. The van der Waals surface area contributed by atoms with Crippen LogP contribution < -0.4 is 5.32 Å². The molecule has 1 saturated heterocycles. The van der Waals surface area contributed by atoms with Gasteiger partial charge < -0.3 is 15.2 Å². The molecule has 1 amide bonds. The van der Waals surface area contributed by atoms with Crippen molar-refractivity contribution in [1.29, 1.82) is 0 Å². The molecule has 1 aromatic heterocycles. The Hall–Kier alpha value is -1.60. The molecule has 2 heterocycles. The predicted octanol–water partition coefficient (Wildman–Crippen LogP) is 0.142. The molecule has 2 unspecified atom stereocenters. The maximum atomic E-state index is 11.8. The average Bonchev–Trinajstić information content (AvgIpc) is 2.99. The van der Waals surface area contributed by atoms with E-state index in [-0.39, 0.29) is 18.4 Å². The van der Waals surface area contributed by atoms with Crippen LogP contribution in [0.2, 0.25) is 5.02 Å². The summed E-state index contributed by atoms with van der Waals surface area (Å²) in [5.74, 6) is -1.69. The van der Waals surface area contributed by atoms with E-state index in [1.807, 2.05) is 0 Å². The van der Waals surface area contributed by atoms with Crippen LogP contribution in [0.1, 0.15) is 6.42 Å². The summed E-state index contributed by atoms with van der Waals surface area (Å²) in [6.45, 7) is 0.901. The fourth-order valence-corrected chi connectivity index (χ4v) is 2.00. The lowest BCUT2D eigenvalue weighted by Gasteiger charge is -2.16. The monoisotopic (exact) mass is 287 g/mol. The zero-order chi connectivity index (χ0) is 13.8. The Morgan fingerprint density at radius 2 is 2.47 bits per heavy atom. The van der Waals surface area contributed by atoms with E-state index in [1.165, 1.54) is 17.1 Å². The first-order valence-electron chi connectivity index (χ1n) is 5.85. The number of aliphatic carboxylic acids is 1. The van der Waals surface area contributed by atoms with Crippen molar-refractivity contribution < 1.29 is 19.4 Å². The fourth-order valence-electron chi connectivity index (χ4n) is 1.84. The summed E-state index contributed by atoms with van der Waals surface area (Å²) in [4.78, 5) is 23.0. The van der Waals surface area contributed by atoms with Gasteiger partial charge in [0.2, 0.25) is 5.91 Å². The highest BCUT2D eigenvalue weighted by molar-refractivity contribution is 6.30. The van der Waals surface area contributed by atoms with Gasteiger partial charge in [-0.05, 0) is 6.42 Å². The number of ether oxygens (including phenoxy) is 1. The van der Waals surface area contributed by atoms with E-state index in [9.17, 15) is 9.59 Å². The van der Waals surface area contributed by atoms with Crippen molar-refractivity contribution in [3.8, 4) is 0 Å². The summed E-state index contributed by atoms with van der Waals surface area (Å²) < 4.78 is 6.48. The van der Waals surface area contributed by atoms with Crippen molar-refractivity contribution in [1.82, 2.24) is 15.1 Å². The van der Waals surface area contributed by atoms with Crippen LogP contribution in [0.25, 0.3) is 0 Å². The third kappa shape index (κ3) is 3.68. The van der Waals surface area contributed by atoms with Gasteiger partial charge >= 0.3 is 5.97 Å². The Morgan fingerprint density at radius 3 is 3.00 bits per heavy atom. The first-order chi connectivity index (χ1) is 9.06. The lowest BCUT2D eigenvalue weighted by Crippen LogP contribution is -2.46. The summed E-state index contributed by atoms with van der Waals surface area (Å²) in [5.41, 5.74) is 0. The number of rotatable bonds is 5. The number of nitrogens with one attached hydrogen (secondary N) is 1. The third-order valence-electron chi connectivity index (χ3n) is 2.89. The minimum Gasteiger partial charge on any atom is -0.480 e. The number of halogens is 1. The first-order valence-corrected chi connectivity index (χ1v) is 6.23. The van der Waals surface area contributed by atoms with Crippen LogP contribution in [0.4, 0.5) is 0 Å². The number of aromatic nitrogens is 2. The molecule has 1 fully saturated rings. The summed E-state index contributed by atoms with van der Waals surface area (Å²) >= 11 is 5.70. The van der Waals surface area contributed by atoms with Crippen LogP contribution >= 0.6 is 11.6 Å². The molecule has 7 nitrogen and oxygen atoms in total. The zero-order valence-corrected chi connectivity index (χ0v) is 10.8. The van der Waals surface area contributed by atoms with Crippen molar-refractivity contribution in [2.45, 2.75) is 19.0 Å². The number of hydrogen-bond donors (Lipinski definition) is 2. The average molecular weight is 288 g/mol. The molecule has 2 atom stereocenters. The molecule has 0 saturated carbocycles. The summed E-state index contributed by atoms with van der Waals surface area (Å²) in [6.07, 6.45) is 3.53. The molecule has 1 aliphatic rings. The highest BCUT2D eigenvalue weighted by Gasteiger charge is 2.28. The number of carbonyl (C=O) groups excluding carboxylic acids is 1. The molecule has 0 aliphatic carbocycles. The summed E-state index contributed by atoms with van der Waals surface area (Å²) in [6, 6.07) is -1.04. The van der Waals surface area contributed by atoms with Gasteiger partial charge in [-0.15, -0.1) is 0 Å². The van der Waals surface area contributed by atoms with Crippen molar-refractivity contribution in [3.63, 3.8) is 0 Å². The van der Waals surface area contributed by atoms with Crippen LogP contribution in [0.15, 0.2) is 12.4 Å². The third-order valence-corrected chi connectivity index (χ3v) is 3.08. The molecule has 2 rings (SSSR count). The molecule has 0 radical (unpaired) electrons. The van der Waals surface area contributed by atoms with E-state index >= 15 is 0 Å². The van der Waals surface area contributed by atoms with Crippen molar-refractivity contribution in [2.24, 2.45) is 5.92 Å². The van der Waals surface area contributed by atoms with E-state index in [0.717, 1.165) is 0 Å². The number of amides is 1. The van der Waals surface area contributed by atoms with Gasteiger partial charge in [0.25, 0.3) is 0 Å². The van der Waals surface area contributed by atoms with Crippen molar-refractivity contribution in [3.05, 3.63) is 17.4 Å². The van der Waals surface area contributed by atoms with E-state index in [1.54, 1.807) is 0 Å². The standard InChI is InChI=1S/C11H14ClN3O4/c12-8-3-13-15(4-8)5-9(11(17)18)14-10(16)7-1-2-19-6-7/h3-4,7,9H,1-2,5-6H2,(H,14,16)(H,17,18). The van der Waals surface area contributed by atoms with Crippen molar-refractivity contribution in [2.75, 3.05) is 13.2 Å². The Bertz CT molecular complexity index is 470. The van der Waals surface area contributed by atoms with E-state index in [2.05, 4.69) is 10.4 Å². The van der Waals surface area contributed by atoms with Crippen LogP contribution in [0.5, 0.6) is 0 Å². The van der Waals surface area contributed by atoms with Crippen LogP contribution in [0, 0.1) is 5.92 Å². The second-order valence-corrected chi connectivity index (χ2v) is 4.78. The quantitative estimate of drug-likeness (QED) is 0.803. The minimum absolute atomic E-state index is 0.0291. The Kier molecular flexibility index (Phi) is 4.39. The van der Waals surface area contributed by atoms with Crippen LogP contribution in [0.3, 0.4) is 0 Å². The molecule has 1 aromatic rings. The number of nitrogens with zero attached hydrogens (tertiary/aromatic N) is 2. The molecule has 2 N–H and O–H groups in total.